The lowest BCUT2D eigenvalue weighted by molar-refractivity contribution is -0.385. The lowest BCUT2D eigenvalue weighted by atomic mass is 10.2. The molecule has 7 heteroatoms. The Bertz CT molecular complexity index is 456. The Morgan fingerprint density at radius 1 is 1.24 bits per heavy atom. The van der Waals surface area contributed by atoms with Crippen molar-refractivity contribution in [2.75, 3.05) is 14.2 Å². The molecule has 0 aliphatic heterocycles. The van der Waals surface area contributed by atoms with E-state index in [4.69, 9.17) is 14.2 Å². The van der Waals surface area contributed by atoms with Gasteiger partial charge < -0.3 is 14.2 Å². The van der Waals surface area contributed by atoms with Crippen LogP contribution in [0.3, 0.4) is 0 Å². The molecule has 0 heterocycles. The first-order valence-corrected chi connectivity index (χ1v) is 4.59. The standard InChI is InChI=1S/C10H11NO6/c1-6(12)17-9-7(11(13)14)4-5-8(15-2)10(9)16-3/h4-5H,1-3H3. The van der Waals surface area contributed by atoms with Gasteiger partial charge in [-0.3, -0.25) is 14.9 Å². The van der Waals surface area contributed by atoms with Gasteiger partial charge in [-0.15, -0.1) is 0 Å². The highest BCUT2D eigenvalue weighted by atomic mass is 16.6. The largest absolute Gasteiger partial charge is 0.493 e. The van der Waals surface area contributed by atoms with E-state index in [1.807, 2.05) is 0 Å². The van der Waals surface area contributed by atoms with Crippen molar-refractivity contribution < 1.29 is 23.9 Å². The molecule has 0 spiro atoms. The molecule has 0 aliphatic carbocycles. The van der Waals surface area contributed by atoms with Crippen LogP contribution in [0.2, 0.25) is 0 Å². The Balaban J connectivity index is 3.43. The van der Waals surface area contributed by atoms with Crippen LogP contribution in [0.25, 0.3) is 0 Å². The maximum absolute atomic E-state index is 10.9. The van der Waals surface area contributed by atoms with Gasteiger partial charge in [0.1, 0.15) is 0 Å². The molecule has 0 saturated heterocycles. The van der Waals surface area contributed by atoms with Crippen LogP contribution >= 0.6 is 0 Å². The first-order chi connectivity index (χ1) is 8.01. The molecule has 0 atom stereocenters. The van der Waals surface area contributed by atoms with Crippen LogP contribution < -0.4 is 14.2 Å². The fourth-order valence-corrected chi connectivity index (χ4v) is 1.27. The summed E-state index contributed by atoms with van der Waals surface area (Å²) in [5, 5.41) is 10.8. The zero-order chi connectivity index (χ0) is 13.0. The molecule has 0 saturated carbocycles. The number of nitro groups is 1. The molecule has 0 bridgehead atoms. The number of benzene rings is 1. The highest BCUT2D eigenvalue weighted by Gasteiger charge is 2.25. The van der Waals surface area contributed by atoms with E-state index >= 15 is 0 Å². The van der Waals surface area contributed by atoms with Gasteiger partial charge in [0, 0.05) is 13.0 Å². The lowest BCUT2D eigenvalue weighted by Crippen LogP contribution is -2.06. The van der Waals surface area contributed by atoms with E-state index in [2.05, 4.69) is 0 Å². The maximum atomic E-state index is 10.9. The zero-order valence-corrected chi connectivity index (χ0v) is 9.55. The van der Waals surface area contributed by atoms with Crippen molar-refractivity contribution in [1.82, 2.24) is 0 Å². The van der Waals surface area contributed by atoms with Gasteiger partial charge >= 0.3 is 11.7 Å². The molecule has 0 N–H and O–H groups in total. The van der Waals surface area contributed by atoms with Crippen LogP contribution in [-0.2, 0) is 4.79 Å². The summed E-state index contributed by atoms with van der Waals surface area (Å²) in [7, 11) is 2.68. The van der Waals surface area contributed by atoms with Gasteiger partial charge in [-0.1, -0.05) is 0 Å². The van der Waals surface area contributed by atoms with Crippen LogP contribution in [0.15, 0.2) is 12.1 Å². The van der Waals surface area contributed by atoms with E-state index in [0.29, 0.717) is 0 Å². The fourth-order valence-electron chi connectivity index (χ4n) is 1.27. The second kappa shape index (κ2) is 5.15. The van der Waals surface area contributed by atoms with Gasteiger partial charge in [0.15, 0.2) is 5.75 Å². The minimum absolute atomic E-state index is 0.0110. The van der Waals surface area contributed by atoms with Crippen molar-refractivity contribution in [2.45, 2.75) is 6.92 Å². The molecular weight excluding hydrogens is 230 g/mol. The van der Waals surface area contributed by atoms with Crippen molar-refractivity contribution in [3.63, 3.8) is 0 Å². The Hall–Kier alpha value is -2.31. The first kappa shape index (κ1) is 12.8. The van der Waals surface area contributed by atoms with Crippen LogP contribution in [0.4, 0.5) is 5.69 Å². The Morgan fingerprint density at radius 3 is 2.29 bits per heavy atom. The summed E-state index contributed by atoms with van der Waals surface area (Å²) in [5.41, 5.74) is -0.363. The second-order valence-corrected chi connectivity index (χ2v) is 3.00. The lowest BCUT2D eigenvalue weighted by Gasteiger charge is -2.11. The number of methoxy groups -OCH3 is 2. The third-order valence-electron chi connectivity index (χ3n) is 1.92. The highest BCUT2D eigenvalue weighted by Crippen LogP contribution is 2.43. The monoisotopic (exact) mass is 241 g/mol. The van der Waals surface area contributed by atoms with E-state index in [1.54, 1.807) is 0 Å². The molecule has 0 amide bonds. The predicted octanol–water partition coefficient (Wildman–Crippen LogP) is 1.54. The quantitative estimate of drug-likeness (QED) is 0.344. The average molecular weight is 241 g/mol. The number of hydrogen-bond acceptors (Lipinski definition) is 6. The molecule has 92 valence electrons. The van der Waals surface area contributed by atoms with Crippen molar-refractivity contribution >= 4 is 11.7 Å². The van der Waals surface area contributed by atoms with E-state index in [0.717, 1.165) is 6.92 Å². The highest BCUT2D eigenvalue weighted by molar-refractivity contribution is 5.74. The van der Waals surface area contributed by atoms with Crippen molar-refractivity contribution in [1.29, 1.82) is 0 Å². The molecule has 1 aromatic carbocycles. The summed E-state index contributed by atoms with van der Waals surface area (Å²) in [6, 6.07) is 2.55. The van der Waals surface area contributed by atoms with Gasteiger partial charge in [-0.2, -0.15) is 0 Å². The maximum Gasteiger partial charge on any atom is 0.315 e. The summed E-state index contributed by atoms with van der Waals surface area (Å²) in [6.45, 7) is 1.14. The molecule has 17 heavy (non-hydrogen) atoms. The van der Waals surface area contributed by atoms with E-state index in [-0.39, 0.29) is 22.9 Å². The van der Waals surface area contributed by atoms with Crippen molar-refractivity contribution in [2.24, 2.45) is 0 Å². The molecule has 1 aromatic rings. The summed E-state index contributed by atoms with van der Waals surface area (Å²) < 4.78 is 14.7. The first-order valence-electron chi connectivity index (χ1n) is 4.59. The number of carbonyl (C=O) groups excluding carboxylic acids is 1. The van der Waals surface area contributed by atoms with Gasteiger partial charge in [0.2, 0.25) is 5.75 Å². The smallest absolute Gasteiger partial charge is 0.315 e. The fraction of sp³-hybridized carbons (Fsp3) is 0.300. The molecule has 7 nitrogen and oxygen atoms in total. The number of nitrogens with zero attached hydrogens (tertiary/aromatic N) is 1. The van der Waals surface area contributed by atoms with Crippen LogP contribution in [0, 0.1) is 10.1 Å². The zero-order valence-electron chi connectivity index (χ0n) is 9.55. The molecule has 0 unspecified atom stereocenters. The van der Waals surface area contributed by atoms with Gasteiger partial charge in [0.25, 0.3) is 5.75 Å². The Kier molecular flexibility index (Phi) is 3.86. The minimum atomic E-state index is -0.681. The molecule has 0 radical (unpaired) electrons. The molecule has 0 aromatic heterocycles. The predicted molar refractivity (Wildman–Crippen MR) is 57.5 cm³/mol. The number of rotatable bonds is 4. The summed E-state index contributed by atoms with van der Waals surface area (Å²) in [4.78, 5) is 21.0. The Morgan fingerprint density at radius 2 is 1.88 bits per heavy atom. The van der Waals surface area contributed by atoms with Crippen LogP contribution in [0.1, 0.15) is 6.92 Å². The molecule has 0 aliphatic rings. The molecule has 1 rings (SSSR count). The number of hydrogen-bond donors (Lipinski definition) is 0. The topological polar surface area (TPSA) is 87.9 Å². The van der Waals surface area contributed by atoms with Crippen LogP contribution in [0.5, 0.6) is 17.2 Å². The SMILES string of the molecule is COc1ccc([N+](=O)[O-])c(OC(C)=O)c1OC. The summed E-state index contributed by atoms with van der Waals surface area (Å²) >= 11 is 0. The second-order valence-electron chi connectivity index (χ2n) is 3.00. The number of carbonyl (C=O) groups is 1. The van der Waals surface area contributed by atoms with E-state index in [9.17, 15) is 14.9 Å². The molecule has 0 fully saturated rings. The number of nitro benzene ring substituents is 1. The van der Waals surface area contributed by atoms with E-state index < -0.39 is 10.9 Å². The third-order valence-corrected chi connectivity index (χ3v) is 1.92. The number of ether oxygens (including phenoxy) is 3. The minimum Gasteiger partial charge on any atom is -0.493 e. The number of esters is 1. The van der Waals surface area contributed by atoms with Gasteiger partial charge in [-0.25, -0.2) is 0 Å². The van der Waals surface area contributed by atoms with Gasteiger partial charge in [-0.05, 0) is 6.07 Å². The van der Waals surface area contributed by atoms with Gasteiger partial charge in [0.05, 0.1) is 19.1 Å². The summed E-state index contributed by atoms with van der Waals surface area (Å²) in [5.74, 6) is -0.685. The summed E-state index contributed by atoms with van der Waals surface area (Å²) in [6.07, 6.45) is 0. The van der Waals surface area contributed by atoms with Crippen molar-refractivity contribution in [3.8, 4) is 17.2 Å². The normalized spacial score (nSPS) is 9.59. The van der Waals surface area contributed by atoms with E-state index in [1.165, 1.54) is 26.4 Å². The molecular formula is C10H11NO6. The van der Waals surface area contributed by atoms with Crippen LogP contribution in [-0.4, -0.2) is 25.1 Å². The Labute approximate surface area is 97.0 Å². The third kappa shape index (κ3) is 2.63. The van der Waals surface area contributed by atoms with Crippen molar-refractivity contribution in [3.05, 3.63) is 22.2 Å². The average Bonchev–Trinajstić information content (AvgIpc) is 2.27.